The fraction of sp³-hybridized carbons (Fsp3) is 0.556. The van der Waals surface area contributed by atoms with Gasteiger partial charge in [-0.15, -0.1) is 11.3 Å². The van der Waals surface area contributed by atoms with E-state index in [9.17, 15) is 8.42 Å². The van der Waals surface area contributed by atoms with Crippen molar-refractivity contribution in [1.82, 2.24) is 4.31 Å². The fourth-order valence-electron chi connectivity index (χ4n) is 1.72. The minimum atomic E-state index is -3.37. The first-order valence-electron chi connectivity index (χ1n) is 4.96. The van der Waals surface area contributed by atoms with Gasteiger partial charge < -0.3 is 0 Å². The molecule has 1 aliphatic rings. The summed E-state index contributed by atoms with van der Waals surface area (Å²) in [6.07, 6.45) is 0.907. The number of halogens is 3. The Bertz CT molecular complexity index is 498. The largest absolute Gasteiger partial charge is 0.252 e. The standard InChI is InChI=1S/C9H10Br2ClNO2S2/c10-4-6-1-2-13(5-6)17(14,15)8-3-7(12)9(11)16-8/h3,6H,1-2,4-5H2. The molecule has 17 heavy (non-hydrogen) atoms. The third kappa shape index (κ3) is 2.90. The Balaban J connectivity index is 2.25. The average Bonchev–Trinajstić information content (AvgIpc) is 2.87. The molecular weight excluding hydrogens is 413 g/mol. The van der Waals surface area contributed by atoms with E-state index in [1.807, 2.05) is 0 Å². The molecule has 3 nitrogen and oxygen atoms in total. The first kappa shape index (κ1) is 14.3. The van der Waals surface area contributed by atoms with E-state index in [0.717, 1.165) is 23.1 Å². The van der Waals surface area contributed by atoms with Gasteiger partial charge in [0.25, 0.3) is 10.0 Å². The monoisotopic (exact) mass is 421 g/mol. The molecule has 1 aromatic heterocycles. The lowest BCUT2D eigenvalue weighted by atomic mass is 10.2. The molecule has 1 aliphatic heterocycles. The number of hydrogen-bond acceptors (Lipinski definition) is 3. The summed E-state index contributed by atoms with van der Waals surface area (Å²) in [5, 5.41) is 1.29. The Morgan fingerprint density at radius 1 is 1.59 bits per heavy atom. The lowest BCUT2D eigenvalue weighted by molar-refractivity contribution is 0.467. The highest BCUT2D eigenvalue weighted by molar-refractivity contribution is 9.11. The number of hydrogen-bond donors (Lipinski definition) is 0. The number of nitrogens with zero attached hydrogens (tertiary/aromatic N) is 1. The molecular formula is C9H10Br2ClNO2S2. The summed E-state index contributed by atoms with van der Waals surface area (Å²) in [6, 6.07) is 1.51. The second kappa shape index (κ2) is 5.46. The predicted octanol–water partition coefficient (Wildman–Crippen LogP) is 3.57. The van der Waals surface area contributed by atoms with Crippen molar-refractivity contribution in [3.8, 4) is 0 Å². The summed E-state index contributed by atoms with van der Waals surface area (Å²) in [6.45, 7) is 1.17. The topological polar surface area (TPSA) is 37.4 Å². The molecule has 0 amide bonds. The highest BCUT2D eigenvalue weighted by Gasteiger charge is 2.33. The molecule has 1 atom stereocenters. The van der Waals surface area contributed by atoms with Crippen molar-refractivity contribution in [1.29, 1.82) is 0 Å². The second-order valence-corrected chi connectivity index (χ2v) is 9.45. The molecule has 0 spiro atoms. The van der Waals surface area contributed by atoms with Crippen LogP contribution in [0, 0.1) is 5.92 Å². The Labute approximate surface area is 126 Å². The van der Waals surface area contributed by atoms with Gasteiger partial charge >= 0.3 is 0 Å². The van der Waals surface area contributed by atoms with Crippen molar-refractivity contribution < 1.29 is 8.42 Å². The van der Waals surface area contributed by atoms with Gasteiger partial charge in [0.05, 0.1) is 8.81 Å². The summed E-state index contributed by atoms with van der Waals surface area (Å²) in [7, 11) is -3.37. The summed E-state index contributed by atoms with van der Waals surface area (Å²) in [5.41, 5.74) is 0. The summed E-state index contributed by atoms with van der Waals surface area (Å²) >= 11 is 13.7. The molecule has 0 saturated carbocycles. The summed E-state index contributed by atoms with van der Waals surface area (Å²) < 4.78 is 27.1. The van der Waals surface area contributed by atoms with Crippen molar-refractivity contribution in [2.45, 2.75) is 10.6 Å². The Morgan fingerprint density at radius 2 is 2.29 bits per heavy atom. The van der Waals surface area contributed by atoms with Crippen LogP contribution in [0.15, 0.2) is 14.1 Å². The van der Waals surface area contributed by atoms with E-state index in [1.165, 1.54) is 10.4 Å². The van der Waals surface area contributed by atoms with E-state index in [0.29, 0.717) is 32.0 Å². The molecule has 1 unspecified atom stereocenters. The number of sulfonamides is 1. The molecule has 0 aromatic carbocycles. The van der Waals surface area contributed by atoms with Crippen LogP contribution in [0.5, 0.6) is 0 Å². The number of thiophene rings is 1. The average molecular weight is 424 g/mol. The van der Waals surface area contributed by atoms with Gasteiger partial charge in [-0.05, 0) is 34.3 Å². The summed E-state index contributed by atoms with van der Waals surface area (Å²) in [4.78, 5) is 0. The maximum atomic E-state index is 12.3. The van der Waals surface area contributed by atoms with Gasteiger partial charge in [0.15, 0.2) is 0 Å². The third-order valence-electron chi connectivity index (χ3n) is 2.68. The second-order valence-electron chi connectivity index (χ2n) is 3.86. The molecule has 0 bridgehead atoms. The van der Waals surface area contributed by atoms with Gasteiger partial charge in [0, 0.05) is 18.4 Å². The smallest absolute Gasteiger partial charge is 0.206 e. The molecule has 2 rings (SSSR count). The molecule has 1 saturated heterocycles. The van der Waals surface area contributed by atoms with Crippen LogP contribution in [0.2, 0.25) is 5.02 Å². The van der Waals surface area contributed by atoms with Gasteiger partial charge in [0.1, 0.15) is 4.21 Å². The van der Waals surface area contributed by atoms with Crippen molar-refractivity contribution in [2.24, 2.45) is 5.92 Å². The van der Waals surface area contributed by atoms with Crippen LogP contribution in [0.4, 0.5) is 0 Å². The van der Waals surface area contributed by atoms with Crippen LogP contribution >= 0.6 is 54.8 Å². The highest BCUT2D eigenvalue weighted by atomic mass is 79.9. The van der Waals surface area contributed by atoms with Crippen LogP contribution in [0.1, 0.15) is 6.42 Å². The van der Waals surface area contributed by atoms with Crippen molar-refractivity contribution in [3.63, 3.8) is 0 Å². The Morgan fingerprint density at radius 3 is 2.76 bits per heavy atom. The maximum Gasteiger partial charge on any atom is 0.252 e. The molecule has 8 heteroatoms. The van der Waals surface area contributed by atoms with Gasteiger partial charge in [-0.25, -0.2) is 8.42 Å². The number of alkyl halides is 1. The van der Waals surface area contributed by atoms with Gasteiger partial charge in [-0.1, -0.05) is 27.5 Å². The quantitative estimate of drug-likeness (QED) is 0.697. The van der Waals surface area contributed by atoms with E-state index in [2.05, 4.69) is 31.9 Å². The van der Waals surface area contributed by atoms with Gasteiger partial charge in [-0.3, -0.25) is 0 Å². The molecule has 2 heterocycles. The zero-order valence-electron chi connectivity index (χ0n) is 8.70. The fourth-order valence-corrected chi connectivity index (χ4v) is 6.34. The first-order valence-corrected chi connectivity index (χ1v) is 9.51. The normalized spacial score (nSPS) is 22.2. The van der Waals surface area contributed by atoms with Gasteiger partial charge in [0.2, 0.25) is 0 Å². The minimum absolute atomic E-state index is 0.310. The molecule has 96 valence electrons. The summed E-state index contributed by atoms with van der Waals surface area (Å²) in [5.74, 6) is 0.406. The zero-order valence-corrected chi connectivity index (χ0v) is 14.3. The maximum absolute atomic E-state index is 12.3. The lowest BCUT2D eigenvalue weighted by Gasteiger charge is -2.14. The van der Waals surface area contributed by atoms with Crippen LogP contribution in [0.3, 0.4) is 0 Å². The SMILES string of the molecule is O=S(=O)(c1cc(Cl)c(Br)s1)N1CCC(CBr)C1. The molecule has 1 aromatic rings. The zero-order chi connectivity index (χ0) is 12.6. The van der Waals surface area contributed by atoms with E-state index < -0.39 is 10.0 Å². The van der Waals surface area contributed by atoms with E-state index in [-0.39, 0.29) is 0 Å². The van der Waals surface area contributed by atoms with E-state index >= 15 is 0 Å². The lowest BCUT2D eigenvalue weighted by Crippen LogP contribution is -2.28. The number of rotatable bonds is 3. The van der Waals surface area contributed by atoms with Gasteiger partial charge in [-0.2, -0.15) is 4.31 Å². The first-order chi connectivity index (χ1) is 7.95. The predicted molar refractivity (Wildman–Crippen MR) is 77.7 cm³/mol. The Kier molecular flexibility index (Phi) is 4.59. The van der Waals surface area contributed by atoms with E-state index in [1.54, 1.807) is 0 Å². The minimum Gasteiger partial charge on any atom is -0.206 e. The van der Waals surface area contributed by atoms with Crippen molar-refractivity contribution in [3.05, 3.63) is 14.9 Å². The molecule has 0 radical (unpaired) electrons. The Hall–Kier alpha value is 0.860. The van der Waals surface area contributed by atoms with Crippen molar-refractivity contribution >= 4 is 64.8 Å². The van der Waals surface area contributed by atoms with Crippen molar-refractivity contribution in [2.75, 3.05) is 18.4 Å². The van der Waals surface area contributed by atoms with Crippen LogP contribution in [-0.2, 0) is 10.0 Å². The van der Waals surface area contributed by atoms with Crippen LogP contribution < -0.4 is 0 Å². The van der Waals surface area contributed by atoms with Crippen LogP contribution in [-0.4, -0.2) is 31.1 Å². The molecule has 0 aliphatic carbocycles. The third-order valence-corrected chi connectivity index (χ3v) is 8.39. The van der Waals surface area contributed by atoms with Crippen LogP contribution in [0.25, 0.3) is 0 Å². The van der Waals surface area contributed by atoms with E-state index in [4.69, 9.17) is 11.6 Å². The molecule has 1 fully saturated rings. The highest BCUT2D eigenvalue weighted by Crippen LogP contribution is 2.37. The molecule has 0 N–H and O–H groups in total.